The summed E-state index contributed by atoms with van der Waals surface area (Å²) in [6.45, 7) is 3.80. The number of rotatable bonds is 3. The summed E-state index contributed by atoms with van der Waals surface area (Å²) in [7, 11) is 0. The van der Waals surface area contributed by atoms with Gasteiger partial charge < -0.3 is 5.32 Å². The number of hydrogen-bond donors (Lipinski definition) is 1. The summed E-state index contributed by atoms with van der Waals surface area (Å²) in [5.74, 6) is -0.151. The fourth-order valence-corrected chi connectivity index (χ4v) is 1.79. The van der Waals surface area contributed by atoms with E-state index in [-0.39, 0.29) is 11.8 Å². The van der Waals surface area contributed by atoms with E-state index in [1.165, 1.54) is 0 Å². The second-order valence-electron chi connectivity index (χ2n) is 4.74. The Kier molecular flexibility index (Phi) is 3.76. The summed E-state index contributed by atoms with van der Waals surface area (Å²) in [5, 5.41) is 12.6. The van der Waals surface area contributed by atoms with E-state index in [9.17, 15) is 4.79 Å². The van der Waals surface area contributed by atoms with Crippen molar-refractivity contribution in [3.05, 3.63) is 42.1 Å². The molecule has 1 N–H and O–H groups in total. The summed E-state index contributed by atoms with van der Waals surface area (Å²) >= 11 is 0. The lowest BCUT2D eigenvalue weighted by molar-refractivity contribution is 0.0938. The summed E-state index contributed by atoms with van der Waals surface area (Å²) in [5.41, 5.74) is 1.39. The van der Waals surface area contributed by atoms with Crippen molar-refractivity contribution in [3.63, 3.8) is 0 Å². The number of aromatic nitrogens is 1. The molecule has 0 spiro atoms. The third-order valence-electron chi connectivity index (χ3n) is 2.96. The van der Waals surface area contributed by atoms with Gasteiger partial charge in [0.25, 0.3) is 5.91 Å². The molecule has 0 saturated heterocycles. The Morgan fingerprint density at radius 3 is 2.84 bits per heavy atom. The molecule has 1 amide bonds. The second kappa shape index (κ2) is 5.49. The molecule has 1 unspecified atom stereocenters. The van der Waals surface area contributed by atoms with Gasteiger partial charge in [-0.15, -0.1) is 0 Å². The van der Waals surface area contributed by atoms with E-state index >= 15 is 0 Å². The maximum Gasteiger partial charge on any atom is 0.252 e. The number of carbonyl (C=O) groups is 1. The predicted molar refractivity (Wildman–Crippen MR) is 73.4 cm³/mol. The van der Waals surface area contributed by atoms with Crippen molar-refractivity contribution in [2.75, 3.05) is 0 Å². The molecule has 19 heavy (non-hydrogen) atoms. The van der Waals surface area contributed by atoms with Crippen molar-refractivity contribution in [2.24, 2.45) is 5.92 Å². The highest BCUT2D eigenvalue weighted by molar-refractivity contribution is 5.98. The highest BCUT2D eigenvalue weighted by atomic mass is 16.1. The predicted octanol–water partition coefficient (Wildman–Crippen LogP) is 2.51. The van der Waals surface area contributed by atoms with Crippen LogP contribution in [0.25, 0.3) is 10.9 Å². The number of benzene rings is 1. The van der Waals surface area contributed by atoms with Crippen LogP contribution in [0.1, 0.15) is 24.2 Å². The standard InChI is InChI=1S/C15H15N3O/c1-10(2)14(9-16)18-15(19)12-5-6-13-11(8-12)4-3-7-17-13/h3-8,10,14H,1-2H3,(H,18,19). The molecule has 1 aromatic heterocycles. The average molecular weight is 253 g/mol. The molecule has 4 nitrogen and oxygen atoms in total. The third kappa shape index (κ3) is 2.89. The average Bonchev–Trinajstić information content (AvgIpc) is 2.43. The van der Waals surface area contributed by atoms with Crippen molar-refractivity contribution in [3.8, 4) is 6.07 Å². The van der Waals surface area contributed by atoms with Gasteiger partial charge >= 0.3 is 0 Å². The van der Waals surface area contributed by atoms with E-state index in [1.54, 1.807) is 24.4 Å². The molecule has 0 fully saturated rings. The molecule has 1 aromatic carbocycles. The summed E-state index contributed by atoms with van der Waals surface area (Å²) in [6, 6.07) is 10.7. The van der Waals surface area contributed by atoms with E-state index in [2.05, 4.69) is 16.4 Å². The largest absolute Gasteiger partial charge is 0.336 e. The lowest BCUT2D eigenvalue weighted by Crippen LogP contribution is -2.37. The van der Waals surface area contributed by atoms with E-state index < -0.39 is 6.04 Å². The minimum atomic E-state index is -0.475. The van der Waals surface area contributed by atoms with Crippen molar-refractivity contribution in [2.45, 2.75) is 19.9 Å². The van der Waals surface area contributed by atoms with Crippen molar-refractivity contribution in [1.29, 1.82) is 5.26 Å². The first-order valence-electron chi connectivity index (χ1n) is 6.17. The molecule has 0 saturated carbocycles. The molecule has 1 atom stereocenters. The number of carbonyl (C=O) groups excluding carboxylic acids is 1. The van der Waals surface area contributed by atoms with Crippen LogP contribution < -0.4 is 5.32 Å². The maximum atomic E-state index is 12.1. The number of nitrogens with one attached hydrogen (secondary N) is 1. The van der Waals surface area contributed by atoms with Crippen LogP contribution in [0.4, 0.5) is 0 Å². The molecular weight excluding hydrogens is 238 g/mol. The van der Waals surface area contributed by atoms with Gasteiger partial charge in [0.2, 0.25) is 0 Å². The van der Waals surface area contributed by atoms with Gasteiger partial charge in [0.05, 0.1) is 11.6 Å². The van der Waals surface area contributed by atoms with Crippen LogP contribution in [0.3, 0.4) is 0 Å². The van der Waals surface area contributed by atoms with Crippen LogP contribution in [0.5, 0.6) is 0 Å². The van der Waals surface area contributed by atoms with Crippen LogP contribution in [0.15, 0.2) is 36.5 Å². The van der Waals surface area contributed by atoms with Gasteiger partial charge in [-0.1, -0.05) is 19.9 Å². The first kappa shape index (κ1) is 13.0. The lowest BCUT2D eigenvalue weighted by atomic mass is 10.0. The smallest absolute Gasteiger partial charge is 0.252 e. The number of amides is 1. The van der Waals surface area contributed by atoms with Crippen LogP contribution in [0, 0.1) is 17.2 Å². The topological polar surface area (TPSA) is 65.8 Å². The van der Waals surface area contributed by atoms with Crippen LogP contribution in [-0.4, -0.2) is 16.9 Å². The van der Waals surface area contributed by atoms with Gasteiger partial charge in [0, 0.05) is 17.1 Å². The molecule has 0 aliphatic carbocycles. The van der Waals surface area contributed by atoms with Crippen molar-refractivity contribution in [1.82, 2.24) is 10.3 Å². The van der Waals surface area contributed by atoms with Crippen LogP contribution in [0.2, 0.25) is 0 Å². The molecule has 2 rings (SSSR count). The number of nitriles is 1. The molecule has 0 aliphatic rings. The maximum absolute atomic E-state index is 12.1. The van der Waals surface area contributed by atoms with Crippen molar-refractivity contribution < 1.29 is 4.79 Å². The zero-order chi connectivity index (χ0) is 13.8. The monoisotopic (exact) mass is 253 g/mol. The third-order valence-corrected chi connectivity index (χ3v) is 2.96. The van der Waals surface area contributed by atoms with Gasteiger partial charge in [-0.3, -0.25) is 9.78 Å². The first-order valence-corrected chi connectivity index (χ1v) is 6.17. The summed E-state index contributed by atoms with van der Waals surface area (Å²) in [4.78, 5) is 16.3. The van der Waals surface area contributed by atoms with E-state index in [1.807, 2.05) is 26.0 Å². The molecule has 2 aromatic rings. The van der Waals surface area contributed by atoms with Crippen LogP contribution >= 0.6 is 0 Å². The Hall–Kier alpha value is -2.41. The molecule has 4 heteroatoms. The van der Waals surface area contributed by atoms with Gasteiger partial charge in [-0.25, -0.2) is 0 Å². The van der Waals surface area contributed by atoms with Gasteiger partial charge in [0.15, 0.2) is 0 Å². The number of pyridine rings is 1. The van der Waals surface area contributed by atoms with Gasteiger partial charge in [0.1, 0.15) is 6.04 Å². The minimum absolute atomic E-state index is 0.0797. The summed E-state index contributed by atoms with van der Waals surface area (Å²) < 4.78 is 0. The quantitative estimate of drug-likeness (QED) is 0.914. The lowest BCUT2D eigenvalue weighted by Gasteiger charge is -2.14. The Bertz CT molecular complexity index is 643. The normalized spacial score (nSPS) is 12.1. The molecule has 96 valence electrons. The summed E-state index contributed by atoms with van der Waals surface area (Å²) in [6.07, 6.45) is 1.71. The highest BCUT2D eigenvalue weighted by Gasteiger charge is 2.16. The number of hydrogen-bond acceptors (Lipinski definition) is 3. The molecule has 0 radical (unpaired) electrons. The zero-order valence-corrected chi connectivity index (χ0v) is 10.9. The fourth-order valence-electron chi connectivity index (χ4n) is 1.79. The van der Waals surface area contributed by atoms with Gasteiger partial charge in [-0.05, 0) is 30.2 Å². The Balaban J connectivity index is 2.24. The van der Waals surface area contributed by atoms with E-state index in [0.717, 1.165) is 10.9 Å². The Morgan fingerprint density at radius 2 is 2.16 bits per heavy atom. The van der Waals surface area contributed by atoms with Crippen molar-refractivity contribution >= 4 is 16.8 Å². The van der Waals surface area contributed by atoms with E-state index in [0.29, 0.717) is 5.56 Å². The highest BCUT2D eigenvalue weighted by Crippen LogP contribution is 2.13. The van der Waals surface area contributed by atoms with Crippen LogP contribution in [-0.2, 0) is 0 Å². The Labute approximate surface area is 112 Å². The fraction of sp³-hybridized carbons (Fsp3) is 0.267. The Morgan fingerprint density at radius 1 is 1.37 bits per heavy atom. The SMILES string of the molecule is CC(C)C(C#N)NC(=O)c1ccc2ncccc2c1. The molecule has 0 aliphatic heterocycles. The molecule has 0 bridgehead atoms. The van der Waals surface area contributed by atoms with Gasteiger partial charge in [-0.2, -0.15) is 5.26 Å². The number of fused-ring (bicyclic) bond motifs is 1. The zero-order valence-electron chi connectivity index (χ0n) is 10.9. The minimum Gasteiger partial charge on any atom is -0.336 e. The number of nitrogens with zero attached hydrogens (tertiary/aromatic N) is 2. The second-order valence-corrected chi connectivity index (χ2v) is 4.74. The first-order chi connectivity index (χ1) is 9.11. The molecular formula is C15H15N3O. The molecule has 1 heterocycles. The van der Waals surface area contributed by atoms with E-state index in [4.69, 9.17) is 5.26 Å².